The van der Waals surface area contributed by atoms with E-state index in [0.29, 0.717) is 25.3 Å². The van der Waals surface area contributed by atoms with E-state index in [9.17, 15) is 9.18 Å². The van der Waals surface area contributed by atoms with Crippen LogP contribution < -0.4 is 4.74 Å². The lowest BCUT2D eigenvalue weighted by atomic mass is 10.1. The van der Waals surface area contributed by atoms with Crippen LogP contribution in [0, 0.1) is 5.82 Å². The van der Waals surface area contributed by atoms with Gasteiger partial charge in [0.1, 0.15) is 18.2 Å². The van der Waals surface area contributed by atoms with E-state index in [2.05, 4.69) is 22.3 Å². The van der Waals surface area contributed by atoms with Crippen LogP contribution in [0.15, 0.2) is 60.7 Å². The highest BCUT2D eigenvalue weighted by molar-refractivity contribution is 5.76. The number of hydrogen-bond donors (Lipinski definition) is 1. The first-order valence-corrected chi connectivity index (χ1v) is 9.91. The van der Waals surface area contributed by atoms with Gasteiger partial charge in [-0.05, 0) is 48.7 Å². The van der Waals surface area contributed by atoms with Crippen molar-refractivity contribution >= 4 is 5.91 Å². The lowest BCUT2D eigenvalue weighted by Crippen LogP contribution is -2.28. The minimum Gasteiger partial charge on any atom is -0.487 e. The molecule has 0 aliphatic carbocycles. The highest BCUT2D eigenvalue weighted by atomic mass is 19.1. The fraction of sp³-hybridized carbons (Fsp3) is 0.304. The first kappa shape index (κ1) is 19.2. The Morgan fingerprint density at radius 1 is 1.17 bits per heavy atom. The van der Waals surface area contributed by atoms with Crippen molar-refractivity contribution in [2.45, 2.75) is 31.8 Å². The first-order valence-electron chi connectivity index (χ1n) is 9.91. The first-order chi connectivity index (χ1) is 14.2. The van der Waals surface area contributed by atoms with Crippen molar-refractivity contribution < 1.29 is 13.9 Å². The molecule has 0 spiro atoms. The Kier molecular flexibility index (Phi) is 5.89. The summed E-state index contributed by atoms with van der Waals surface area (Å²) in [6, 6.07) is 18.0. The Hall–Kier alpha value is -3.15. The average molecular weight is 393 g/mol. The number of aryl methyl sites for hydroxylation is 1. The summed E-state index contributed by atoms with van der Waals surface area (Å²) in [6.07, 6.45) is 2.22. The molecule has 3 aromatic rings. The Morgan fingerprint density at radius 2 is 1.97 bits per heavy atom. The number of likely N-dealkylation sites (tertiary alicyclic amines) is 1. The van der Waals surface area contributed by atoms with Crippen molar-refractivity contribution in [3.63, 3.8) is 0 Å². The van der Waals surface area contributed by atoms with E-state index in [-0.39, 0.29) is 17.6 Å². The van der Waals surface area contributed by atoms with Gasteiger partial charge < -0.3 is 9.64 Å². The maximum atomic E-state index is 12.9. The summed E-state index contributed by atoms with van der Waals surface area (Å²) in [5, 5.41) is 7.41. The quantitative estimate of drug-likeness (QED) is 0.658. The summed E-state index contributed by atoms with van der Waals surface area (Å²) in [7, 11) is 0. The minimum atomic E-state index is -0.287. The standard InChI is InChI=1S/C23H24FN3O2/c24-19-7-9-21(10-8-19)29-16-20-14-22(26-25-20)18-12-13-27(15-18)23(28)11-6-17-4-2-1-3-5-17/h1-5,7-10,14,18H,6,11-13,15-16H2,(H,25,26)/t18-/m1/s1. The van der Waals surface area contributed by atoms with Gasteiger partial charge in [0.15, 0.2) is 0 Å². The fourth-order valence-corrected chi connectivity index (χ4v) is 3.64. The summed E-state index contributed by atoms with van der Waals surface area (Å²) in [4.78, 5) is 14.5. The van der Waals surface area contributed by atoms with E-state index >= 15 is 0 Å². The number of hydrogen-bond acceptors (Lipinski definition) is 3. The number of ether oxygens (including phenoxy) is 1. The molecule has 6 heteroatoms. The van der Waals surface area contributed by atoms with Crippen LogP contribution in [0.5, 0.6) is 5.75 Å². The Balaban J connectivity index is 1.26. The molecule has 0 bridgehead atoms. The summed E-state index contributed by atoms with van der Waals surface area (Å²) < 4.78 is 18.6. The van der Waals surface area contributed by atoms with Crippen LogP contribution in [0.25, 0.3) is 0 Å². The third-order valence-corrected chi connectivity index (χ3v) is 5.29. The Bertz CT molecular complexity index is 940. The van der Waals surface area contributed by atoms with Gasteiger partial charge in [0, 0.05) is 25.4 Å². The second kappa shape index (κ2) is 8.90. The Labute approximate surface area is 169 Å². The number of carbonyl (C=O) groups is 1. The number of halogens is 1. The lowest BCUT2D eigenvalue weighted by molar-refractivity contribution is -0.130. The smallest absolute Gasteiger partial charge is 0.222 e. The number of H-pyrrole nitrogens is 1. The van der Waals surface area contributed by atoms with Gasteiger partial charge >= 0.3 is 0 Å². The van der Waals surface area contributed by atoms with Gasteiger partial charge in [-0.2, -0.15) is 5.10 Å². The van der Waals surface area contributed by atoms with Crippen LogP contribution in [0.2, 0.25) is 0 Å². The molecule has 0 unspecified atom stereocenters. The Morgan fingerprint density at radius 3 is 2.76 bits per heavy atom. The zero-order chi connectivity index (χ0) is 20.1. The summed E-state index contributed by atoms with van der Waals surface area (Å²) in [5.41, 5.74) is 3.01. The molecule has 2 aromatic carbocycles. The van der Waals surface area contributed by atoms with Crippen molar-refractivity contribution in [3.8, 4) is 5.75 Å². The van der Waals surface area contributed by atoms with Crippen molar-refractivity contribution in [1.82, 2.24) is 15.1 Å². The van der Waals surface area contributed by atoms with Gasteiger partial charge in [0.2, 0.25) is 5.91 Å². The number of aromatic amines is 1. The van der Waals surface area contributed by atoms with Crippen molar-refractivity contribution in [1.29, 1.82) is 0 Å². The zero-order valence-electron chi connectivity index (χ0n) is 16.2. The SMILES string of the molecule is O=C(CCc1ccccc1)N1CC[C@@H](c2cc(COc3ccc(F)cc3)[nH]n2)C1. The number of benzene rings is 2. The van der Waals surface area contributed by atoms with E-state index in [0.717, 1.165) is 30.8 Å². The molecule has 150 valence electrons. The third kappa shape index (κ3) is 5.02. The van der Waals surface area contributed by atoms with E-state index in [1.165, 1.54) is 17.7 Å². The molecule has 2 heterocycles. The minimum absolute atomic E-state index is 0.201. The molecule has 1 amide bonds. The molecule has 29 heavy (non-hydrogen) atoms. The molecule has 1 saturated heterocycles. The van der Waals surface area contributed by atoms with Crippen molar-refractivity contribution in [3.05, 3.63) is 83.4 Å². The molecule has 1 aromatic heterocycles. The molecule has 5 nitrogen and oxygen atoms in total. The van der Waals surface area contributed by atoms with Crippen molar-refractivity contribution in [2.24, 2.45) is 0 Å². The number of amides is 1. The van der Waals surface area contributed by atoms with Gasteiger partial charge in [0.05, 0.1) is 11.4 Å². The summed E-state index contributed by atoms with van der Waals surface area (Å²) in [6.45, 7) is 1.81. The van der Waals surface area contributed by atoms with E-state index < -0.39 is 0 Å². The molecule has 1 aliphatic rings. The highest BCUT2D eigenvalue weighted by Gasteiger charge is 2.28. The number of carbonyl (C=O) groups excluding carboxylic acids is 1. The predicted octanol–water partition coefficient (Wildman–Crippen LogP) is 4.08. The number of nitrogens with zero attached hydrogens (tertiary/aromatic N) is 2. The van der Waals surface area contributed by atoms with Gasteiger partial charge in [0.25, 0.3) is 0 Å². The molecule has 0 radical (unpaired) electrons. The average Bonchev–Trinajstić information content (AvgIpc) is 3.42. The summed E-state index contributed by atoms with van der Waals surface area (Å²) >= 11 is 0. The van der Waals surface area contributed by atoms with Gasteiger partial charge in [-0.1, -0.05) is 30.3 Å². The molecule has 1 atom stereocenters. The maximum absolute atomic E-state index is 12.9. The number of rotatable bonds is 7. The highest BCUT2D eigenvalue weighted by Crippen LogP contribution is 2.27. The second-order valence-corrected chi connectivity index (χ2v) is 7.37. The lowest BCUT2D eigenvalue weighted by Gasteiger charge is -2.16. The van der Waals surface area contributed by atoms with Crippen LogP contribution >= 0.6 is 0 Å². The largest absolute Gasteiger partial charge is 0.487 e. The van der Waals surface area contributed by atoms with Crippen LogP contribution in [-0.4, -0.2) is 34.1 Å². The van der Waals surface area contributed by atoms with E-state index in [4.69, 9.17) is 4.74 Å². The summed E-state index contributed by atoms with van der Waals surface area (Å²) in [5.74, 6) is 0.766. The van der Waals surface area contributed by atoms with E-state index in [1.54, 1.807) is 12.1 Å². The van der Waals surface area contributed by atoms with Crippen LogP contribution in [0.4, 0.5) is 4.39 Å². The third-order valence-electron chi connectivity index (χ3n) is 5.29. The fourth-order valence-electron chi connectivity index (χ4n) is 3.64. The van der Waals surface area contributed by atoms with Gasteiger partial charge in [-0.15, -0.1) is 0 Å². The normalized spacial score (nSPS) is 16.2. The molecular weight excluding hydrogens is 369 g/mol. The van der Waals surface area contributed by atoms with Crippen molar-refractivity contribution in [2.75, 3.05) is 13.1 Å². The topological polar surface area (TPSA) is 58.2 Å². The zero-order valence-corrected chi connectivity index (χ0v) is 16.2. The maximum Gasteiger partial charge on any atom is 0.222 e. The molecule has 1 N–H and O–H groups in total. The number of nitrogens with one attached hydrogen (secondary N) is 1. The molecule has 1 aliphatic heterocycles. The molecular formula is C23H24FN3O2. The van der Waals surface area contributed by atoms with Crippen LogP contribution in [0.3, 0.4) is 0 Å². The van der Waals surface area contributed by atoms with E-state index in [1.807, 2.05) is 29.2 Å². The van der Waals surface area contributed by atoms with Gasteiger partial charge in [-0.3, -0.25) is 9.89 Å². The monoisotopic (exact) mass is 393 g/mol. The van der Waals surface area contributed by atoms with Gasteiger partial charge in [-0.25, -0.2) is 4.39 Å². The second-order valence-electron chi connectivity index (χ2n) is 7.37. The molecule has 1 fully saturated rings. The molecule has 4 rings (SSSR count). The molecule has 0 saturated carbocycles. The van der Waals surface area contributed by atoms with Crippen LogP contribution in [-0.2, 0) is 17.8 Å². The predicted molar refractivity (Wildman–Crippen MR) is 108 cm³/mol. The number of aromatic nitrogens is 2. The van der Waals surface area contributed by atoms with Crippen LogP contribution in [0.1, 0.15) is 35.7 Å².